The Bertz CT molecular complexity index is 1100. The minimum Gasteiger partial charge on any atom is -0.478 e. The van der Waals surface area contributed by atoms with Crippen molar-refractivity contribution in [1.82, 2.24) is 0 Å². The van der Waals surface area contributed by atoms with Crippen molar-refractivity contribution in [2.75, 3.05) is 17.8 Å². The highest BCUT2D eigenvalue weighted by atomic mass is 35.5. The number of likely N-dealkylation sites (N-methyl/N-ethyl adjacent to an activating group) is 1. The fourth-order valence-corrected chi connectivity index (χ4v) is 3.39. The van der Waals surface area contributed by atoms with Gasteiger partial charge in [0.1, 0.15) is 5.82 Å². The summed E-state index contributed by atoms with van der Waals surface area (Å²) in [6, 6.07) is 13.0. The van der Waals surface area contributed by atoms with Gasteiger partial charge >= 0.3 is 5.97 Å². The molecule has 0 radical (unpaired) electrons. The van der Waals surface area contributed by atoms with E-state index in [4.69, 9.17) is 16.7 Å². The number of alkyl halides is 1. The molecule has 0 aliphatic rings. The van der Waals surface area contributed by atoms with E-state index < -0.39 is 5.97 Å². The molecule has 0 heterocycles. The Morgan fingerprint density at radius 3 is 2.39 bits per heavy atom. The largest absolute Gasteiger partial charge is 0.478 e. The van der Waals surface area contributed by atoms with Crippen molar-refractivity contribution in [3.05, 3.63) is 120 Å². The van der Waals surface area contributed by atoms with E-state index in [-0.39, 0.29) is 11.4 Å². The molecule has 0 bridgehead atoms. The molecule has 3 nitrogen and oxygen atoms in total. The molecule has 33 heavy (non-hydrogen) atoms. The molecular formula is C28H29ClFNO2. The summed E-state index contributed by atoms with van der Waals surface area (Å²) < 4.78 is 14.8. The first-order valence-electron chi connectivity index (χ1n) is 10.6. The molecule has 5 heteroatoms. The minimum absolute atomic E-state index is 0.190. The van der Waals surface area contributed by atoms with Gasteiger partial charge in [-0.25, -0.2) is 9.18 Å². The SMILES string of the molecule is C=C(/C=C(/C(=C)N(C)c1ccc(C(=O)O)cc1)c1ccccc1F)/C(=C\C=C/CCl)CCC. The monoisotopic (exact) mass is 465 g/mol. The number of anilines is 1. The summed E-state index contributed by atoms with van der Waals surface area (Å²) in [5.74, 6) is -0.943. The van der Waals surface area contributed by atoms with E-state index in [1.165, 1.54) is 18.2 Å². The first-order chi connectivity index (χ1) is 15.8. The molecule has 0 amide bonds. The lowest BCUT2D eigenvalue weighted by molar-refractivity contribution is 0.0697. The molecule has 1 N–H and O–H groups in total. The van der Waals surface area contributed by atoms with Crippen molar-refractivity contribution in [2.24, 2.45) is 0 Å². The van der Waals surface area contributed by atoms with Crippen molar-refractivity contribution in [1.29, 1.82) is 0 Å². The Hall–Kier alpha value is -3.37. The normalized spacial score (nSPS) is 12.1. The number of hydrogen-bond donors (Lipinski definition) is 1. The number of allylic oxidation sites excluding steroid dienone is 7. The van der Waals surface area contributed by atoms with Crippen LogP contribution in [-0.4, -0.2) is 24.0 Å². The van der Waals surface area contributed by atoms with Crippen molar-refractivity contribution in [3.63, 3.8) is 0 Å². The molecule has 0 fully saturated rings. The van der Waals surface area contributed by atoms with Gasteiger partial charge in [-0.05, 0) is 54.0 Å². The Morgan fingerprint density at radius 2 is 1.82 bits per heavy atom. The molecule has 2 aromatic rings. The molecule has 0 saturated heterocycles. The van der Waals surface area contributed by atoms with Crippen LogP contribution in [0.25, 0.3) is 5.57 Å². The van der Waals surface area contributed by atoms with Crippen LogP contribution in [0.15, 0.2) is 103 Å². The molecule has 2 rings (SSSR count). The quantitative estimate of drug-likeness (QED) is 0.274. The van der Waals surface area contributed by atoms with Crippen molar-refractivity contribution < 1.29 is 14.3 Å². The van der Waals surface area contributed by atoms with Crippen LogP contribution in [0.3, 0.4) is 0 Å². The Kier molecular flexibility index (Phi) is 9.89. The number of carbonyl (C=O) groups is 1. The fourth-order valence-electron chi connectivity index (χ4n) is 3.28. The van der Waals surface area contributed by atoms with E-state index in [1.54, 1.807) is 35.2 Å². The van der Waals surface area contributed by atoms with Crippen molar-refractivity contribution in [3.8, 4) is 0 Å². The van der Waals surface area contributed by atoms with Gasteiger partial charge < -0.3 is 10.0 Å². The summed E-state index contributed by atoms with van der Waals surface area (Å²) in [6.07, 6.45) is 9.30. The van der Waals surface area contributed by atoms with Gasteiger partial charge in [-0.2, -0.15) is 0 Å². The second-order valence-corrected chi connectivity index (χ2v) is 7.75. The average molecular weight is 466 g/mol. The molecule has 0 unspecified atom stereocenters. The zero-order valence-corrected chi connectivity index (χ0v) is 19.8. The summed E-state index contributed by atoms with van der Waals surface area (Å²) in [5.41, 5.74) is 4.24. The van der Waals surface area contributed by atoms with E-state index in [0.717, 1.165) is 29.7 Å². The van der Waals surface area contributed by atoms with Crippen LogP contribution in [0, 0.1) is 5.82 Å². The van der Waals surface area contributed by atoms with Gasteiger partial charge in [0, 0.05) is 35.4 Å². The third-order valence-electron chi connectivity index (χ3n) is 5.15. The van der Waals surface area contributed by atoms with E-state index in [9.17, 15) is 9.18 Å². The van der Waals surface area contributed by atoms with Crippen LogP contribution in [0.4, 0.5) is 10.1 Å². The third-order valence-corrected chi connectivity index (χ3v) is 5.33. The van der Waals surface area contributed by atoms with Crippen molar-refractivity contribution in [2.45, 2.75) is 19.8 Å². The predicted octanol–water partition coefficient (Wildman–Crippen LogP) is 7.64. The summed E-state index contributed by atoms with van der Waals surface area (Å²) >= 11 is 5.74. The second-order valence-electron chi connectivity index (χ2n) is 7.45. The summed E-state index contributed by atoms with van der Waals surface area (Å²) in [5, 5.41) is 9.15. The Balaban J connectivity index is 2.51. The third kappa shape index (κ3) is 7.06. The number of carboxylic acid groups (broad SMARTS) is 1. The van der Waals surface area contributed by atoms with Crippen LogP contribution < -0.4 is 4.90 Å². The smallest absolute Gasteiger partial charge is 0.335 e. The lowest BCUT2D eigenvalue weighted by Gasteiger charge is -2.25. The maximum Gasteiger partial charge on any atom is 0.335 e. The number of nitrogens with zero attached hydrogens (tertiary/aromatic N) is 1. The zero-order chi connectivity index (χ0) is 24.4. The lowest BCUT2D eigenvalue weighted by atomic mass is 9.94. The van der Waals surface area contributed by atoms with Crippen LogP contribution >= 0.6 is 11.6 Å². The van der Waals surface area contributed by atoms with E-state index in [1.807, 2.05) is 31.4 Å². The number of hydrogen-bond acceptors (Lipinski definition) is 2. The molecule has 2 aromatic carbocycles. The van der Waals surface area contributed by atoms with Gasteiger partial charge in [0.15, 0.2) is 0 Å². The van der Waals surface area contributed by atoms with Crippen LogP contribution in [0.2, 0.25) is 0 Å². The van der Waals surface area contributed by atoms with Crippen LogP contribution in [0.1, 0.15) is 35.7 Å². The summed E-state index contributed by atoms with van der Waals surface area (Å²) in [7, 11) is 1.81. The molecule has 0 spiro atoms. The molecule has 0 aromatic heterocycles. The van der Waals surface area contributed by atoms with Crippen LogP contribution in [-0.2, 0) is 0 Å². The molecule has 172 valence electrons. The number of benzene rings is 2. The first kappa shape index (κ1) is 25.9. The van der Waals surface area contributed by atoms with E-state index in [0.29, 0.717) is 22.7 Å². The number of halogens is 2. The average Bonchev–Trinajstić information content (AvgIpc) is 2.81. The summed E-state index contributed by atoms with van der Waals surface area (Å²) in [6.45, 7) is 10.5. The number of rotatable bonds is 11. The van der Waals surface area contributed by atoms with Gasteiger partial charge in [0.05, 0.1) is 5.56 Å². The van der Waals surface area contributed by atoms with Crippen LogP contribution in [0.5, 0.6) is 0 Å². The summed E-state index contributed by atoms with van der Waals surface area (Å²) in [4.78, 5) is 13.0. The predicted molar refractivity (Wildman–Crippen MR) is 137 cm³/mol. The fraction of sp³-hybridized carbons (Fsp3) is 0.179. The standard InChI is InChI=1S/C28H29ClFNO2/c1-5-10-22(11-8-9-18-29)20(2)19-26(25-12-6-7-13-27(25)30)21(3)31(4)24-16-14-23(15-17-24)28(32)33/h6-9,11-17,19H,2-3,5,10,18H2,1,4H3,(H,32,33)/b9-8-,22-11-,26-19-. The zero-order valence-electron chi connectivity index (χ0n) is 19.0. The highest BCUT2D eigenvalue weighted by Gasteiger charge is 2.17. The van der Waals surface area contributed by atoms with Gasteiger partial charge in [0.25, 0.3) is 0 Å². The lowest BCUT2D eigenvalue weighted by Crippen LogP contribution is -2.17. The maximum absolute atomic E-state index is 14.8. The Labute approximate surface area is 200 Å². The highest BCUT2D eigenvalue weighted by Crippen LogP contribution is 2.32. The number of aromatic carboxylic acids is 1. The van der Waals surface area contributed by atoms with Gasteiger partial charge in [-0.1, -0.05) is 62.9 Å². The van der Waals surface area contributed by atoms with E-state index >= 15 is 0 Å². The minimum atomic E-state index is -0.996. The van der Waals surface area contributed by atoms with Gasteiger partial charge in [-0.15, -0.1) is 11.6 Å². The molecular weight excluding hydrogens is 437 g/mol. The maximum atomic E-state index is 14.8. The second kappa shape index (κ2) is 12.6. The molecule has 0 aliphatic carbocycles. The molecule has 0 aliphatic heterocycles. The molecule has 0 saturated carbocycles. The van der Waals surface area contributed by atoms with E-state index in [2.05, 4.69) is 20.1 Å². The Morgan fingerprint density at radius 1 is 1.15 bits per heavy atom. The first-order valence-corrected chi connectivity index (χ1v) is 11.2. The van der Waals surface area contributed by atoms with Crippen molar-refractivity contribution >= 4 is 28.8 Å². The topological polar surface area (TPSA) is 40.5 Å². The van der Waals surface area contributed by atoms with Gasteiger partial charge in [-0.3, -0.25) is 0 Å². The number of carboxylic acids is 1. The molecule has 0 atom stereocenters. The van der Waals surface area contributed by atoms with Gasteiger partial charge in [0.2, 0.25) is 0 Å². The highest BCUT2D eigenvalue weighted by molar-refractivity contribution is 6.18.